The molecule has 0 amide bonds. The molecule has 0 aliphatic rings. The molecule has 0 aliphatic carbocycles. The number of alkyl halides is 6. The molecular weight excluding hydrogens is 736 g/mol. The first-order chi connectivity index (χ1) is 17.1. The van der Waals surface area contributed by atoms with E-state index in [1.165, 1.54) is 10.9 Å². The molecule has 0 radical (unpaired) electrons. The molecule has 5 N–H and O–H groups in total. The van der Waals surface area contributed by atoms with Gasteiger partial charge in [0.05, 0.1) is 0 Å². The highest BCUT2D eigenvalue weighted by Crippen LogP contribution is 2.24. The summed E-state index contributed by atoms with van der Waals surface area (Å²) in [4.78, 5) is 6.53. The van der Waals surface area contributed by atoms with Crippen molar-refractivity contribution >= 4 is 57.6 Å². The first-order valence-electron chi connectivity index (χ1n) is 10.1. The van der Waals surface area contributed by atoms with Gasteiger partial charge in [-0.3, -0.25) is 19.3 Å². The Kier molecular flexibility index (Phi) is 13.1. The van der Waals surface area contributed by atoms with Crippen molar-refractivity contribution < 1.29 is 31.4 Å². The van der Waals surface area contributed by atoms with Crippen molar-refractivity contribution in [3.8, 4) is 0 Å². The molecule has 1 atom stereocenters. The highest BCUT2D eigenvalue weighted by atomic mass is 127. The number of nitrogens with two attached hydrogens (primary N) is 2. The number of halogens is 8. The highest BCUT2D eigenvalue weighted by molar-refractivity contribution is 14.1. The van der Waals surface area contributed by atoms with E-state index in [2.05, 4.69) is 42.8 Å². The van der Waals surface area contributed by atoms with Gasteiger partial charge in [-0.2, -0.15) is 36.5 Å². The van der Waals surface area contributed by atoms with Crippen molar-refractivity contribution in [3.63, 3.8) is 0 Å². The second kappa shape index (κ2) is 14.7. The van der Waals surface area contributed by atoms with Crippen molar-refractivity contribution in [1.29, 1.82) is 0 Å². The molecule has 17 heteroatoms. The first-order valence-corrected chi connectivity index (χ1v) is 12.2. The minimum atomic E-state index is -4.39. The zero-order valence-corrected chi connectivity index (χ0v) is 23.8. The fourth-order valence-corrected chi connectivity index (χ4v) is 4.01. The molecule has 0 spiro atoms. The van der Waals surface area contributed by atoms with Crippen LogP contribution in [-0.2, 0) is 20.5 Å². The Hall–Kier alpha value is -2.16. The molecule has 2 heterocycles. The average molecular weight is 760 g/mol. The third-order valence-corrected chi connectivity index (χ3v) is 5.86. The number of aliphatic hydroxyl groups is 1. The van der Waals surface area contributed by atoms with Gasteiger partial charge in [-0.25, -0.2) is 0 Å². The lowest BCUT2D eigenvalue weighted by molar-refractivity contribution is -0.119. The molecular formula is C20H24F6I2N8O. The van der Waals surface area contributed by atoms with Gasteiger partial charge in [-0.1, -0.05) is 0 Å². The third kappa shape index (κ3) is 12.8. The van der Waals surface area contributed by atoms with Gasteiger partial charge >= 0.3 is 12.4 Å². The Bertz CT molecular complexity index is 1140. The predicted molar refractivity (Wildman–Crippen MR) is 144 cm³/mol. The molecule has 206 valence electrons. The first kappa shape index (κ1) is 32.9. The summed E-state index contributed by atoms with van der Waals surface area (Å²) in [6.45, 7) is -2.52. The summed E-state index contributed by atoms with van der Waals surface area (Å²) in [5.74, 6) is 0. The van der Waals surface area contributed by atoms with Crippen LogP contribution in [0.1, 0.15) is 17.2 Å². The summed E-state index contributed by atoms with van der Waals surface area (Å²) >= 11 is 3.97. The number of aryl methyl sites for hydroxylation is 2. The van der Waals surface area contributed by atoms with Crippen LogP contribution in [0.4, 0.5) is 26.3 Å². The molecule has 0 bridgehead atoms. The number of rotatable bonds is 8. The number of aliphatic imine (C=N–C) groups is 2. The zero-order valence-electron chi connectivity index (χ0n) is 19.5. The van der Waals surface area contributed by atoms with Gasteiger partial charge in [0, 0.05) is 68.2 Å². The number of hydrogen-bond acceptors (Lipinski definition) is 7. The third-order valence-electron chi connectivity index (χ3n) is 4.11. The molecule has 2 aromatic rings. The summed E-state index contributed by atoms with van der Waals surface area (Å²) in [5.41, 5.74) is 12.6. The van der Waals surface area contributed by atoms with E-state index in [4.69, 9.17) is 11.5 Å². The topological polar surface area (TPSA) is 133 Å². The summed E-state index contributed by atoms with van der Waals surface area (Å²) in [7, 11) is 3.44. The predicted octanol–water partition coefficient (Wildman–Crippen LogP) is 3.58. The van der Waals surface area contributed by atoms with Gasteiger partial charge in [0.25, 0.3) is 0 Å². The molecule has 2 rings (SSSR count). The van der Waals surface area contributed by atoms with Crippen LogP contribution in [0.5, 0.6) is 0 Å². The monoisotopic (exact) mass is 760 g/mol. The molecule has 2 aromatic heterocycles. The van der Waals surface area contributed by atoms with E-state index in [1.54, 1.807) is 31.2 Å². The van der Waals surface area contributed by atoms with E-state index in [9.17, 15) is 31.4 Å². The van der Waals surface area contributed by atoms with Crippen LogP contribution in [0.15, 0.2) is 45.9 Å². The number of aromatic nitrogens is 4. The van der Waals surface area contributed by atoms with E-state index in [1.807, 2.05) is 22.6 Å². The van der Waals surface area contributed by atoms with Crippen LogP contribution in [0.25, 0.3) is 0 Å². The smallest absolute Gasteiger partial charge is 0.404 e. The quantitative estimate of drug-likeness (QED) is 0.215. The molecule has 37 heavy (non-hydrogen) atoms. The van der Waals surface area contributed by atoms with Gasteiger partial charge < -0.3 is 16.6 Å². The van der Waals surface area contributed by atoms with Crippen molar-refractivity contribution in [2.24, 2.45) is 35.5 Å². The van der Waals surface area contributed by atoms with Gasteiger partial charge in [0.1, 0.15) is 26.6 Å². The maximum atomic E-state index is 12.0. The summed E-state index contributed by atoms with van der Waals surface area (Å²) in [6, 6.07) is 0. The van der Waals surface area contributed by atoms with Crippen molar-refractivity contribution in [3.05, 3.63) is 54.5 Å². The Labute approximate surface area is 235 Å². The molecule has 0 fully saturated rings. The fourth-order valence-electron chi connectivity index (χ4n) is 2.56. The van der Waals surface area contributed by atoms with Crippen molar-refractivity contribution in [2.75, 3.05) is 13.1 Å². The minimum Gasteiger partial charge on any atom is -0.404 e. The molecule has 0 saturated carbocycles. The molecule has 0 aliphatic heterocycles. The Morgan fingerprint density at radius 3 is 1.86 bits per heavy atom. The van der Waals surface area contributed by atoms with E-state index in [-0.39, 0.29) is 5.57 Å². The van der Waals surface area contributed by atoms with Gasteiger partial charge in [-0.05, 0) is 57.0 Å². The van der Waals surface area contributed by atoms with Crippen LogP contribution in [0.2, 0.25) is 0 Å². The van der Waals surface area contributed by atoms with E-state index in [0.29, 0.717) is 21.3 Å². The molecule has 0 saturated heterocycles. The zero-order chi connectivity index (χ0) is 28.4. The molecule has 1 unspecified atom stereocenters. The van der Waals surface area contributed by atoms with Gasteiger partial charge in [-0.15, -0.1) is 0 Å². The largest absolute Gasteiger partial charge is 0.407 e. The van der Waals surface area contributed by atoms with Gasteiger partial charge in [0.2, 0.25) is 0 Å². The number of hydrogen-bond donors (Lipinski definition) is 3. The normalized spacial score (nSPS) is 14.4. The lowest BCUT2D eigenvalue weighted by atomic mass is 10.1. The average Bonchev–Trinajstić information content (AvgIpc) is 3.27. The molecule has 0 aromatic carbocycles. The summed E-state index contributed by atoms with van der Waals surface area (Å²) < 4.78 is 76.1. The second-order valence-electron chi connectivity index (χ2n) is 7.33. The lowest BCUT2D eigenvalue weighted by Crippen LogP contribution is -2.13. The number of nitrogens with zero attached hydrogens (tertiary/aromatic N) is 6. The Morgan fingerprint density at radius 1 is 0.946 bits per heavy atom. The molecule has 9 nitrogen and oxygen atoms in total. The van der Waals surface area contributed by atoms with Gasteiger partial charge in [0.15, 0.2) is 0 Å². The van der Waals surface area contributed by atoms with Crippen LogP contribution in [0.3, 0.4) is 0 Å². The number of aliphatic hydroxyl groups excluding tert-OH is 1. The van der Waals surface area contributed by atoms with E-state index in [0.717, 1.165) is 27.9 Å². The number of allylic oxidation sites excluding steroid dienone is 1. The van der Waals surface area contributed by atoms with Crippen molar-refractivity contribution in [2.45, 2.75) is 24.9 Å². The standard InChI is InChI=1S/C10H12F3IN4O.C10H12F3IN4/c1-18-4-7(9(14)17-18)8(19)6(2-15)3-16-5-10(11,12)13;1-18-5-8(9(14)17-18)2-7(3-15)4-16-6-10(11,12)13/h2-4,8,19H,5,15H2,1H3;3-5H,2,6,15H2,1H3. The Morgan fingerprint density at radius 2 is 1.46 bits per heavy atom. The SMILES string of the molecule is Cn1cc(C(O)C(C=NCC(F)(F)F)=CN)c(I)n1.Cn1cc(CC(C=NCC(F)(F)F)=CN)c(I)n1. The van der Waals surface area contributed by atoms with Crippen LogP contribution < -0.4 is 11.5 Å². The van der Waals surface area contributed by atoms with Crippen LogP contribution in [-0.4, -0.2) is 62.5 Å². The summed E-state index contributed by atoms with van der Waals surface area (Å²) in [6.07, 6.45) is -1.74. The fraction of sp³-hybridized carbons (Fsp3) is 0.400. The van der Waals surface area contributed by atoms with E-state index >= 15 is 0 Å². The summed E-state index contributed by atoms with van der Waals surface area (Å²) in [5, 5.41) is 18.2. The van der Waals surface area contributed by atoms with Crippen LogP contribution >= 0.6 is 45.2 Å². The van der Waals surface area contributed by atoms with E-state index < -0.39 is 31.5 Å². The highest BCUT2D eigenvalue weighted by Gasteiger charge is 2.27. The lowest BCUT2D eigenvalue weighted by Gasteiger charge is -2.09. The minimum absolute atomic E-state index is 0.0789. The van der Waals surface area contributed by atoms with Crippen molar-refractivity contribution in [1.82, 2.24) is 19.6 Å². The maximum absolute atomic E-state index is 12.0. The maximum Gasteiger partial charge on any atom is 0.407 e. The van der Waals surface area contributed by atoms with Crippen LogP contribution in [0, 0.1) is 7.40 Å². The second-order valence-corrected chi connectivity index (χ2v) is 9.37. The Balaban J connectivity index is 0.000000371.